The van der Waals surface area contributed by atoms with E-state index in [-0.39, 0.29) is 18.3 Å². The molecule has 0 saturated heterocycles. The number of ether oxygens (including phenoxy) is 1. The highest BCUT2D eigenvalue weighted by Gasteiger charge is 2.16. The molecule has 1 aromatic rings. The molecule has 1 heterocycles. The smallest absolute Gasteiger partial charge is 0.307 e. The maximum atomic E-state index is 11.8. The second kappa shape index (κ2) is 5.29. The van der Waals surface area contributed by atoms with Crippen molar-refractivity contribution in [3.63, 3.8) is 0 Å². The van der Waals surface area contributed by atoms with Crippen molar-refractivity contribution < 1.29 is 14.3 Å². The summed E-state index contributed by atoms with van der Waals surface area (Å²) in [5.74, 6) is -0.487. The third-order valence-electron chi connectivity index (χ3n) is 2.29. The number of H-pyrrole nitrogens is 1. The van der Waals surface area contributed by atoms with Crippen LogP contribution in [0.15, 0.2) is 6.20 Å². The molecule has 0 spiro atoms. The molecule has 1 amide bonds. The summed E-state index contributed by atoms with van der Waals surface area (Å²) in [4.78, 5) is 24.2. The van der Waals surface area contributed by atoms with Crippen LogP contribution in [0.5, 0.6) is 0 Å². The van der Waals surface area contributed by atoms with Gasteiger partial charge >= 0.3 is 5.97 Å². The molecule has 0 bridgehead atoms. The number of aromatic amines is 1. The molecule has 0 saturated carbocycles. The van der Waals surface area contributed by atoms with Crippen LogP contribution in [0, 0.1) is 6.92 Å². The predicted molar refractivity (Wildman–Crippen MR) is 56.9 cm³/mol. The van der Waals surface area contributed by atoms with Crippen LogP contribution in [0.3, 0.4) is 0 Å². The molecule has 16 heavy (non-hydrogen) atoms. The van der Waals surface area contributed by atoms with Crippen LogP contribution in [0.1, 0.15) is 22.5 Å². The number of aryl methyl sites for hydroxylation is 1. The van der Waals surface area contributed by atoms with Crippen molar-refractivity contribution >= 4 is 11.9 Å². The predicted octanol–water partition coefficient (Wildman–Crippen LogP) is 0.353. The highest BCUT2D eigenvalue weighted by Crippen LogP contribution is 2.06. The van der Waals surface area contributed by atoms with Crippen LogP contribution in [-0.4, -0.2) is 47.7 Å². The first kappa shape index (κ1) is 12.2. The minimum absolute atomic E-state index is 0.157. The quantitative estimate of drug-likeness (QED) is 0.750. The van der Waals surface area contributed by atoms with E-state index in [1.165, 1.54) is 18.2 Å². The topological polar surface area (TPSA) is 75.3 Å². The lowest BCUT2D eigenvalue weighted by molar-refractivity contribution is -0.140. The second-order valence-electron chi connectivity index (χ2n) is 3.46. The van der Waals surface area contributed by atoms with Gasteiger partial charge in [-0.25, -0.2) is 0 Å². The zero-order valence-electron chi connectivity index (χ0n) is 9.61. The number of hydrogen-bond donors (Lipinski definition) is 1. The molecule has 0 aliphatic carbocycles. The van der Waals surface area contributed by atoms with Gasteiger partial charge in [-0.2, -0.15) is 5.10 Å². The Morgan fingerprint density at radius 1 is 1.56 bits per heavy atom. The molecular weight excluding hydrogens is 210 g/mol. The van der Waals surface area contributed by atoms with Gasteiger partial charge in [-0.1, -0.05) is 0 Å². The van der Waals surface area contributed by atoms with E-state index < -0.39 is 0 Å². The number of rotatable bonds is 4. The number of esters is 1. The number of carbonyl (C=O) groups is 2. The molecule has 88 valence electrons. The first-order chi connectivity index (χ1) is 7.56. The zero-order chi connectivity index (χ0) is 12.1. The number of nitrogens with zero attached hydrogens (tertiary/aromatic N) is 2. The van der Waals surface area contributed by atoms with Crippen molar-refractivity contribution in [3.8, 4) is 0 Å². The van der Waals surface area contributed by atoms with Gasteiger partial charge in [0.05, 0.1) is 25.3 Å². The van der Waals surface area contributed by atoms with Gasteiger partial charge in [-0.15, -0.1) is 0 Å². The number of nitrogens with one attached hydrogen (secondary N) is 1. The molecule has 1 aromatic heterocycles. The van der Waals surface area contributed by atoms with Gasteiger partial charge in [0, 0.05) is 19.3 Å². The van der Waals surface area contributed by atoms with E-state index in [0.29, 0.717) is 12.1 Å². The molecule has 0 aromatic carbocycles. The van der Waals surface area contributed by atoms with Crippen LogP contribution in [0.4, 0.5) is 0 Å². The van der Waals surface area contributed by atoms with E-state index in [2.05, 4.69) is 14.9 Å². The number of hydrogen-bond acceptors (Lipinski definition) is 4. The third kappa shape index (κ3) is 2.82. The summed E-state index contributed by atoms with van der Waals surface area (Å²) in [6.45, 7) is 2.10. The average Bonchev–Trinajstić information content (AvgIpc) is 2.70. The Hall–Kier alpha value is -1.85. The van der Waals surface area contributed by atoms with Crippen LogP contribution < -0.4 is 0 Å². The Balaban J connectivity index is 2.55. The Morgan fingerprint density at radius 3 is 2.75 bits per heavy atom. The molecule has 0 fully saturated rings. The Morgan fingerprint density at radius 2 is 2.25 bits per heavy atom. The van der Waals surface area contributed by atoms with E-state index in [9.17, 15) is 9.59 Å². The van der Waals surface area contributed by atoms with Crippen LogP contribution in [0.25, 0.3) is 0 Å². The lowest BCUT2D eigenvalue weighted by atomic mass is 10.2. The molecule has 0 aliphatic heterocycles. The van der Waals surface area contributed by atoms with E-state index in [0.717, 1.165) is 5.69 Å². The molecule has 6 heteroatoms. The first-order valence-electron chi connectivity index (χ1n) is 4.88. The number of methoxy groups -OCH3 is 1. The molecule has 0 radical (unpaired) electrons. The molecular formula is C10H15N3O3. The summed E-state index contributed by atoms with van der Waals surface area (Å²) in [5, 5.41) is 6.46. The SMILES string of the molecule is COC(=O)CCN(C)C(=O)c1cn[nH]c1C. The normalized spacial score (nSPS) is 9.94. The van der Waals surface area contributed by atoms with Crippen LogP contribution >= 0.6 is 0 Å². The maximum Gasteiger partial charge on any atom is 0.307 e. The summed E-state index contributed by atoms with van der Waals surface area (Å²) >= 11 is 0. The van der Waals surface area contributed by atoms with Gasteiger partial charge in [-0.3, -0.25) is 14.7 Å². The summed E-state index contributed by atoms with van der Waals surface area (Å²) in [5.41, 5.74) is 1.24. The summed E-state index contributed by atoms with van der Waals surface area (Å²) in [6, 6.07) is 0. The largest absolute Gasteiger partial charge is 0.469 e. The van der Waals surface area contributed by atoms with E-state index in [4.69, 9.17) is 0 Å². The fourth-order valence-corrected chi connectivity index (χ4v) is 1.23. The lowest BCUT2D eigenvalue weighted by Gasteiger charge is -2.15. The average molecular weight is 225 g/mol. The second-order valence-corrected chi connectivity index (χ2v) is 3.46. The summed E-state index contributed by atoms with van der Waals surface area (Å²) in [6.07, 6.45) is 1.67. The monoisotopic (exact) mass is 225 g/mol. The number of carbonyl (C=O) groups excluding carboxylic acids is 2. The fraction of sp³-hybridized carbons (Fsp3) is 0.500. The Kier molecular flexibility index (Phi) is 4.04. The van der Waals surface area contributed by atoms with E-state index >= 15 is 0 Å². The van der Waals surface area contributed by atoms with Gasteiger partial charge in [0.25, 0.3) is 5.91 Å². The third-order valence-corrected chi connectivity index (χ3v) is 2.29. The van der Waals surface area contributed by atoms with Crippen molar-refractivity contribution in [1.29, 1.82) is 0 Å². The Bertz CT molecular complexity index is 386. The van der Waals surface area contributed by atoms with Crippen molar-refractivity contribution in [2.24, 2.45) is 0 Å². The number of amides is 1. The number of aromatic nitrogens is 2. The van der Waals surface area contributed by atoms with Gasteiger partial charge in [-0.05, 0) is 6.92 Å². The lowest BCUT2D eigenvalue weighted by Crippen LogP contribution is -2.29. The highest BCUT2D eigenvalue weighted by atomic mass is 16.5. The van der Waals surface area contributed by atoms with Crippen molar-refractivity contribution in [3.05, 3.63) is 17.5 Å². The van der Waals surface area contributed by atoms with Crippen molar-refractivity contribution in [1.82, 2.24) is 15.1 Å². The molecule has 1 rings (SSSR count). The van der Waals surface area contributed by atoms with Gasteiger partial charge in [0.1, 0.15) is 0 Å². The van der Waals surface area contributed by atoms with Gasteiger partial charge < -0.3 is 9.64 Å². The molecule has 0 aliphatic rings. The minimum Gasteiger partial charge on any atom is -0.469 e. The zero-order valence-corrected chi connectivity index (χ0v) is 9.61. The van der Waals surface area contributed by atoms with Crippen LogP contribution in [-0.2, 0) is 9.53 Å². The molecule has 0 atom stereocenters. The summed E-state index contributed by atoms with van der Waals surface area (Å²) in [7, 11) is 2.96. The highest BCUT2D eigenvalue weighted by molar-refractivity contribution is 5.95. The van der Waals surface area contributed by atoms with Crippen molar-refractivity contribution in [2.75, 3.05) is 20.7 Å². The van der Waals surface area contributed by atoms with E-state index in [1.807, 2.05) is 0 Å². The standard InChI is InChI=1S/C10H15N3O3/c1-7-8(6-11-12-7)10(15)13(2)5-4-9(14)16-3/h6H,4-5H2,1-3H3,(H,11,12). The molecule has 6 nitrogen and oxygen atoms in total. The van der Waals surface area contributed by atoms with E-state index in [1.54, 1.807) is 14.0 Å². The first-order valence-corrected chi connectivity index (χ1v) is 4.88. The molecule has 1 N–H and O–H groups in total. The van der Waals surface area contributed by atoms with Gasteiger partial charge in [0.2, 0.25) is 0 Å². The minimum atomic E-state index is -0.330. The maximum absolute atomic E-state index is 11.8. The molecule has 0 unspecified atom stereocenters. The summed E-state index contributed by atoms with van der Waals surface area (Å²) < 4.78 is 4.50. The fourth-order valence-electron chi connectivity index (χ4n) is 1.23. The van der Waals surface area contributed by atoms with Crippen LogP contribution in [0.2, 0.25) is 0 Å². The van der Waals surface area contributed by atoms with Gasteiger partial charge in [0.15, 0.2) is 0 Å². The van der Waals surface area contributed by atoms with Crippen molar-refractivity contribution in [2.45, 2.75) is 13.3 Å². The Labute approximate surface area is 93.6 Å².